The number of pyridine rings is 1. The fourth-order valence-corrected chi connectivity index (χ4v) is 2.85. The maximum absolute atomic E-state index is 13.6. The minimum absolute atomic E-state index is 0.0660. The molecule has 1 amide bonds. The minimum atomic E-state index is -2.86. The van der Waals surface area contributed by atoms with Crippen LogP contribution in [0.15, 0.2) is 42.5 Å². The second-order valence-electron chi connectivity index (χ2n) is 6.52. The van der Waals surface area contributed by atoms with E-state index in [0.717, 1.165) is 0 Å². The third-order valence-corrected chi connectivity index (χ3v) is 4.13. The molecule has 2 heterocycles. The number of amides is 1. The number of rotatable bonds is 4. The lowest BCUT2D eigenvalue weighted by Gasteiger charge is -2.34. The third-order valence-electron chi connectivity index (χ3n) is 4.13. The molecule has 2 aromatic rings. The number of carbonyl (C=O) groups excluding carboxylic acids is 1. The predicted octanol–water partition coefficient (Wildman–Crippen LogP) is 4.50. The Kier molecular flexibility index (Phi) is 2.84. The van der Waals surface area contributed by atoms with Crippen molar-refractivity contribution in [3.05, 3.63) is 65.0 Å². The minimum Gasteiger partial charge on any atom is -0.356 e. The molecule has 0 aliphatic carbocycles. The summed E-state index contributed by atoms with van der Waals surface area (Å²) in [6.45, 7) is 7.47. The van der Waals surface area contributed by atoms with Gasteiger partial charge in [-0.05, 0) is 45.2 Å². The summed E-state index contributed by atoms with van der Waals surface area (Å²) in [6, 6.07) is -1.55. The number of nitrogens with one attached hydrogen (secondary N) is 1. The van der Waals surface area contributed by atoms with Gasteiger partial charge in [-0.25, -0.2) is 4.85 Å². The van der Waals surface area contributed by atoms with Crippen LogP contribution in [0.25, 0.3) is 4.85 Å². The molecule has 3 rings (SSSR count). The first-order valence-corrected chi connectivity index (χ1v) is 8.20. The summed E-state index contributed by atoms with van der Waals surface area (Å²) in [5, 5.41) is 2.99. The zero-order valence-electron chi connectivity index (χ0n) is 22.6. The van der Waals surface area contributed by atoms with Crippen LogP contribution in [0.2, 0.25) is 0 Å². The van der Waals surface area contributed by atoms with Crippen molar-refractivity contribution in [1.82, 2.24) is 9.88 Å². The van der Waals surface area contributed by atoms with Crippen molar-refractivity contribution in [1.29, 1.82) is 0 Å². The summed E-state index contributed by atoms with van der Waals surface area (Å²) in [7, 11) is 0. The maximum atomic E-state index is 13.6. The molecule has 1 aliphatic heterocycles. The molecular weight excluding hydrogens is 324 g/mol. The molecule has 1 aromatic carbocycles. The van der Waals surface area contributed by atoms with Gasteiger partial charge in [0.1, 0.15) is 11.4 Å². The molecule has 1 aromatic heterocycles. The second kappa shape index (κ2) is 7.17. The number of nitrogens with zero attached hydrogens (tertiary/aromatic N) is 3. The van der Waals surface area contributed by atoms with Crippen molar-refractivity contribution in [2.24, 2.45) is 0 Å². The third kappa shape index (κ3) is 3.70. The van der Waals surface area contributed by atoms with Crippen LogP contribution in [0.5, 0.6) is 0 Å². The topological polar surface area (TPSA) is 49.6 Å². The van der Waals surface area contributed by atoms with E-state index in [1.54, 1.807) is 26.0 Å². The molecule has 5 heteroatoms. The average molecular weight is 356 g/mol. The van der Waals surface area contributed by atoms with Crippen molar-refractivity contribution in [2.45, 2.75) is 45.1 Å². The Balaban J connectivity index is 2.03. The van der Waals surface area contributed by atoms with Gasteiger partial charge in [0.2, 0.25) is 11.6 Å². The Hall–Kier alpha value is -2.87. The molecule has 1 atom stereocenters. The van der Waals surface area contributed by atoms with Crippen molar-refractivity contribution in [3.8, 4) is 0 Å². The van der Waals surface area contributed by atoms with E-state index < -0.39 is 54.0 Å². The van der Waals surface area contributed by atoms with Gasteiger partial charge in [0.25, 0.3) is 0 Å². The van der Waals surface area contributed by atoms with Gasteiger partial charge >= 0.3 is 0 Å². The van der Waals surface area contributed by atoms with Crippen LogP contribution >= 0.6 is 0 Å². The standard InChI is InChI=1S/C21H24N4O/c1-15-7-9-16(10-8-15)18-6-5-13-25(18)20(26)21(2,3)24-19-12-11-17(22-4)14-23-19/h7-12,14,18H,5-6,13H2,1-3H3,(H,23,24)/t18-/m0/s1/i1D3,7D,8D,9D,10D,18D. The maximum Gasteiger partial charge on any atom is 0.248 e. The Bertz CT molecular complexity index is 1140. The van der Waals surface area contributed by atoms with Gasteiger partial charge in [0.15, 0.2) is 0 Å². The molecule has 0 unspecified atom stereocenters. The Morgan fingerprint density at radius 1 is 1.46 bits per heavy atom. The number of benzene rings is 1. The van der Waals surface area contributed by atoms with E-state index in [1.807, 2.05) is 0 Å². The smallest absolute Gasteiger partial charge is 0.248 e. The highest BCUT2D eigenvalue weighted by Crippen LogP contribution is 2.34. The lowest BCUT2D eigenvalue weighted by atomic mass is 9.99. The Morgan fingerprint density at radius 2 is 2.23 bits per heavy atom. The van der Waals surface area contributed by atoms with Crippen molar-refractivity contribution < 1.29 is 15.8 Å². The van der Waals surface area contributed by atoms with Crippen LogP contribution in [0.4, 0.5) is 11.5 Å². The summed E-state index contributed by atoms with van der Waals surface area (Å²) in [4.78, 5) is 22.2. The molecule has 0 spiro atoms. The fraction of sp³-hybridized carbons (Fsp3) is 0.381. The molecule has 26 heavy (non-hydrogen) atoms. The van der Waals surface area contributed by atoms with Crippen molar-refractivity contribution in [2.75, 3.05) is 11.9 Å². The molecule has 1 fully saturated rings. The van der Waals surface area contributed by atoms with E-state index >= 15 is 0 Å². The van der Waals surface area contributed by atoms with E-state index in [1.165, 1.54) is 11.1 Å². The van der Waals surface area contributed by atoms with Crippen LogP contribution in [0, 0.1) is 13.4 Å². The van der Waals surface area contributed by atoms with Gasteiger partial charge < -0.3 is 10.2 Å². The zero-order valence-corrected chi connectivity index (χ0v) is 14.6. The quantitative estimate of drug-likeness (QED) is 0.821. The number of carbonyl (C=O) groups is 1. The first kappa shape index (κ1) is 10.3. The van der Waals surface area contributed by atoms with Crippen LogP contribution < -0.4 is 5.32 Å². The van der Waals surface area contributed by atoms with E-state index in [4.69, 9.17) is 17.5 Å². The predicted molar refractivity (Wildman–Crippen MR) is 103 cm³/mol. The summed E-state index contributed by atoms with van der Waals surface area (Å²) >= 11 is 0. The highest BCUT2D eigenvalue weighted by molar-refractivity contribution is 5.89. The lowest BCUT2D eigenvalue weighted by molar-refractivity contribution is -0.136. The van der Waals surface area contributed by atoms with Gasteiger partial charge in [-0.3, -0.25) is 9.78 Å². The summed E-state index contributed by atoms with van der Waals surface area (Å²) in [5.74, 6) is -0.181. The highest BCUT2D eigenvalue weighted by Gasteiger charge is 2.38. The van der Waals surface area contributed by atoms with Gasteiger partial charge in [-0.1, -0.05) is 35.8 Å². The first-order valence-electron chi connectivity index (χ1n) is 12.2. The molecule has 5 nitrogen and oxygen atoms in total. The fourth-order valence-electron chi connectivity index (χ4n) is 2.85. The van der Waals surface area contributed by atoms with Gasteiger partial charge in [-0.2, -0.15) is 0 Å². The van der Waals surface area contributed by atoms with Crippen LogP contribution in [-0.2, 0) is 4.79 Å². The molecule has 134 valence electrons. The number of hydrogen-bond acceptors (Lipinski definition) is 3. The largest absolute Gasteiger partial charge is 0.356 e. The lowest BCUT2D eigenvalue weighted by Crippen LogP contribution is -2.49. The summed E-state index contributed by atoms with van der Waals surface area (Å²) < 4.78 is 65.0. The molecular formula is C21H24N4O. The molecule has 1 aliphatic rings. The van der Waals surface area contributed by atoms with Gasteiger partial charge in [0.05, 0.1) is 19.4 Å². The van der Waals surface area contributed by atoms with Crippen molar-refractivity contribution >= 4 is 17.4 Å². The molecule has 0 radical (unpaired) electrons. The SMILES string of the molecule is [2H]c1c([2H])c([C@]2([2H])CCCN2C(=O)C(C)(C)Nc2ccc([N+]#[C-])cn2)c([2H])c([2H])c1C([2H])([2H])[2H]. The molecule has 1 N–H and O–H groups in total. The molecule has 1 saturated heterocycles. The van der Waals surface area contributed by atoms with E-state index in [2.05, 4.69) is 15.1 Å². The van der Waals surface area contributed by atoms with Gasteiger partial charge in [0, 0.05) is 16.9 Å². The monoisotopic (exact) mass is 356 g/mol. The number of hydrogen-bond donors (Lipinski definition) is 1. The first-order chi connectivity index (χ1) is 15.6. The normalized spacial score (nSPS) is 24.7. The highest BCUT2D eigenvalue weighted by atomic mass is 16.2. The average Bonchev–Trinajstić information content (AvgIpc) is 3.13. The van der Waals surface area contributed by atoms with E-state index in [9.17, 15) is 4.79 Å². The Morgan fingerprint density at radius 3 is 2.85 bits per heavy atom. The van der Waals surface area contributed by atoms with Crippen LogP contribution in [-0.4, -0.2) is 27.9 Å². The van der Waals surface area contributed by atoms with Crippen LogP contribution in [0.1, 0.15) is 54.8 Å². The number of likely N-dealkylation sites (tertiary alicyclic amines) is 1. The summed E-state index contributed by atoms with van der Waals surface area (Å²) in [6.07, 6.45) is 1.82. The van der Waals surface area contributed by atoms with E-state index in [-0.39, 0.29) is 18.5 Å². The number of anilines is 1. The van der Waals surface area contributed by atoms with Crippen molar-refractivity contribution in [3.63, 3.8) is 0 Å². The summed E-state index contributed by atoms with van der Waals surface area (Å²) in [5.41, 5.74) is -1.96. The van der Waals surface area contributed by atoms with Gasteiger partial charge in [-0.15, -0.1) is 0 Å². The zero-order chi connectivity index (χ0) is 25.6. The molecule has 0 saturated carbocycles. The second-order valence-corrected chi connectivity index (χ2v) is 6.52. The molecule has 0 bridgehead atoms. The van der Waals surface area contributed by atoms with E-state index in [0.29, 0.717) is 17.9 Å². The number of aromatic nitrogens is 1. The van der Waals surface area contributed by atoms with Crippen LogP contribution in [0.3, 0.4) is 0 Å². The Labute approximate surface area is 166 Å².